The SMILES string of the molecule is O=C(O)c1sccc1N=C=S. The second-order valence-electron chi connectivity index (χ2n) is 1.64. The maximum atomic E-state index is 10.4. The molecule has 56 valence electrons. The van der Waals surface area contributed by atoms with Crippen molar-refractivity contribution in [2.24, 2.45) is 4.99 Å². The Labute approximate surface area is 72.0 Å². The standard InChI is InChI=1S/C6H3NO2S2/c8-6(9)5-4(7-3-10)1-2-11-5/h1-2H,(H,8,9). The maximum absolute atomic E-state index is 10.4. The lowest BCUT2D eigenvalue weighted by molar-refractivity contribution is 0.0703. The highest BCUT2D eigenvalue weighted by Gasteiger charge is 2.09. The highest BCUT2D eigenvalue weighted by molar-refractivity contribution is 7.78. The molecule has 0 aromatic carbocycles. The first-order valence-corrected chi connectivity index (χ1v) is 3.93. The number of thiophene rings is 1. The van der Waals surface area contributed by atoms with E-state index in [4.69, 9.17) is 5.11 Å². The normalized spacial score (nSPS) is 8.73. The van der Waals surface area contributed by atoms with Gasteiger partial charge in [0.15, 0.2) is 0 Å². The summed E-state index contributed by atoms with van der Waals surface area (Å²) in [6, 6.07) is 1.59. The number of hydrogen-bond acceptors (Lipinski definition) is 4. The van der Waals surface area contributed by atoms with Gasteiger partial charge in [-0.2, -0.15) is 4.99 Å². The van der Waals surface area contributed by atoms with E-state index < -0.39 is 5.97 Å². The predicted octanol–water partition coefficient (Wildman–Crippen LogP) is 2.18. The Morgan fingerprint density at radius 3 is 3.09 bits per heavy atom. The molecule has 0 radical (unpaired) electrons. The monoisotopic (exact) mass is 185 g/mol. The van der Waals surface area contributed by atoms with Crippen LogP contribution in [0, 0.1) is 0 Å². The van der Waals surface area contributed by atoms with Crippen molar-refractivity contribution in [2.45, 2.75) is 0 Å². The Morgan fingerprint density at radius 1 is 1.82 bits per heavy atom. The van der Waals surface area contributed by atoms with Crippen LogP contribution in [-0.2, 0) is 0 Å². The largest absolute Gasteiger partial charge is 0.477 e. The number of aliphatic imine (C=N–C) groups is 1. The number of carboxylic acid groups (broad SMARTS) is 1. The Hall–Kier alpha value is -1.03. The smallest absolute Gasteiger partial charge is 0.348 e. The van der Waals surface area contributed by atoms with Gasteiger partial charge in [-0.25, -0.2) is 4.79 Å². The summed E-state index contributed by atoms with van der Waals surface area (Å²) in [5.41, 5.74) is 0.373. The van der Waals surface area contributed by atoms with Crippen molar-refractivity contribution < 1.29 is 9.90 Å². The molecule has 0 aliphatic carbocycles. The van der Waals surface area contributed by atoms with E-state index in [1.807, 2.05) is 0 Å². The van der Waals surface area contributed by atoms with Gasteiger partial charge in [0.1, 0.15) is 4.88 Å². The zero-order chi connectivity index (χ0) is 8.27. The number of rotatable bonds is 2. The number of carboxylic acids is 1. The predicted molar refractivity (Wildman–Crippen MR) is 46.0 cm³/mol. The van der Waals surface area contributed by atoms with Gasteiger partial charge < -0.3 is 5.11 Å². The van der Waals surface area contributed by atoms with Crippen molar-refractivity contribution in [3.63, 3.8) is 0 Å². The summed E-state index contributed by atoms with van der Waals surface area (Å²) >= 11 is 5.46. The van der Waals surface area contributed by atoms with Gasteiger partial charge in [-0.1, -0.05) is 0 Å². The fraction of sp³-hybridized carbons (Fsp3) is 0. The average Bonchev–Trinajstić information content (AvgIpc) is 2.36. The molecule has 0 saturated carbocycles. The molecule has 0 saturated heterocycles. The molecule has 1 aromatic rings. The molecular weight excluding hydrogens is 182 g/mol. The Balaban J connectivity index is 3.15. The van der Waals surface area contributed by atoms with Crippen LogP contribution in [0.15, 0.2) is 16.4 Å². The quantitative estimate of drug-likeness (QED) is 0.567. The van der Waals surface area contributed by atoms with Gasteiger partial charge in [0, 0.05) is 0 Å². The molecule has 0 aliphatic heterocycles. The minimum Gasteiger partial charge on any atom is -0.477 e. The van der Waals surface area contributed by atoms with Crippen LogP contribution in [-0.4, -0.2) is 16.2 Å². The van der Waals surface area contributed by atoms with E-state index >= 15 is 0 Å². The zero-order valence-corrected chi connectivity index (χ0v) is 6.91. The summed E-state index contributed by atoms with van der Waals surface area (Å²) in [7, 11) is 0. The van der Waals surface area contributed by atoms with Crippen LogP contribution in [0.3, 0.4) is 0 Å². The van der Waals surface area contributed by atoms with Crippen LogP contribution in [0.1, 0.15) is 9.67 Å². The van der Waals surface area contributed by atoms with Crippen LogP contribution in [0.5, 0.6) is 0 Å². The molecule has 0 spiro atoms. The van der Waals surface area contributed by atoms with E-state index in [1.165, 1.54) is 0 Å². The lowest BCUT2D eigenvalue weighted by Crippen LogP contribution is -1.90. The van der Waals surface area contributed by atoms with Crippen molar-refractivity contribution in [3.05, 3.63) is 16.3 Å². The number of nitrogens with zero attached hydrogens (tertiary/aromatic N) is 1. The molecule has 0 aliphatic rings. The minimum absolute atomic E-state index is 0.197. The molecule has 1 heterocycles. The number of isothiocyanates is 1. The first kappa shape index (κ1) is 8.07. The minimum atomic E-state index is -0.982. The maximum Gasteiger partial charge on any atom is 0.348 e. The molecule has 3 nitrogen and oxygen atoms in total. The lowest BCUT2D eigenvalue weighted by Gasteiger charge is -1.86. The van der Waals surface area contributed by atoms with Crippen molar-refractivity contribution in [1.29, 1.82) is 0 Å². The third-order valence-corrected chi connectivity index (χ3v) is 1.99. The summed E-state index contributed by atoms with van der Waals surface area (Å²) in [5, 5.41) is 12.3. The van der Waals surface area contributed by atoms with Crippen LogP contribution in [0.25, 0.3) is 0 Å². The molecule has 11 heavy (non-hydrogen) atoms. The summed E-state index contributed by atoms with van der Waals surface area (Å²) in [6.07, 6.45) is 0. The molecule has 5 heteroatoms. The van der Waals surface area contributed by atoms with Gasteiger partial charge in [-0.3, -0.25) is 0 Å². The third-order valence-electron chi connectivity index (χ3n) is 1.00. The average molecular weight is 185 g/mol. The summed E-state index contributed by atoms with van der Waals surface area (Å²) in [5.74, 6) is -0.982. The van der Waals surface area contributed by atoms with Crippen LogP contribution < -0.4 is 0 Å². The molecule has 1 N–H and O–H groups in total. The number of thiocarbonyl (C=S) groups is 1. The summed E-state index contributed by atoms with van der Waals surface area (Å²) < 4.78 is 0. The molecule has 1 aromatic heterocycles. The molecule has 0 fully saturated rings. The van der Waals surface area contributed by atoms with Crippen LogP contribution in [0.4, 0.5) is 5.69 Å². The first-order valence-electron chi connectivity index (χ1n) is 2.64. The topological polar surface area (TPSA) is 49.7 Å². The van der Waals surface area contributed by atoms with E-state index in [0.29, 0.717) is 5.69 Å². The van der Waals surface area contributed by atoms with Crippen LogP contribution >= 0.6 is 23.6 Å². The lowest BCUT2D eigenvalue weighted by atomic mass is 10.4. The summed E-state index contributed by atoms with van der Waals surface area (Å²) in [4.78, 5) is 14.2. The van der Waals surface area contributed by atoms with Crippen molar-refractivity contribution >= 4 is 40.4 Å². The van der Waals surface area contributed by atoms with Crippen molar-refractivity contribution in [3.8, 4) is 0 Å². The van der Waals surface area contributed by atoms with Gasteiger partial charge in [-0.05, 0) is 23.7 Å². The molecule has 0 unspecified atom stereocenters. The van der Waals surface area contributed by atoms with E-state index in [1.54, 1.807) is 11.4 Å². The molecule has 0 bridgehead atoms. The van der Waals surface area contributed by atoms with Gasteiger partial charge in [0.05, 0.1) is 10.8 Å². The van der Waals surface area contributed by atoms with Crippen molar-refractivity contribution in [2.75, 3.05) is 0 Å². The second kappa shape index (κ2) is 3.39. The van der Waals surface area contributed by atoms with Gasteiger partial charge in [0.2, 0.25) is 0 Å². The molecule has 0 amide bonds. The highest BCUT2D eigenvalue weighted by Crippen LogP contribution is 2.24. The van der Waals surface area contributed by atoms with E-state index in [9.17, 15) is 4.79 Å². The summed E-state index contributed by atoms with van der Waals surface area (Å²) in [6.45, 7) is 0. The third kappa shape index (κ3) is 1.71. The molecule has 0 atom stereocenters. The van der Waals surface area contributed by atoms with Crippen molar-refractivity contribution in [1.82, 2.24) is 0 Å². The second-order valence-corrected chi connectivity index (χ2v) is 2.74. The van der Waals surface area contributed by atoms with Gasteiger partial charge >= 0.3 is 5.97 Å². The first-order chi connectivity index (χ1) is 5.25. The number of hydrogen-bond donors (Lipinski definition) is 1. The van der Waals surface area contributed by atoms with Crippen LogP contribution in [0.2, 0.25) is 0 Å². The van der Waals surface area contributed by atoms with E-state index in [0.717, 1.165) is 11.3 Å². The van der Waals surface area contributed by atoms with Gasteiger partial charge in [0.25, 0.3) is 0 Å². The van der Waals surface area contributed by atoms with Gasteiger partial charge in [-0.15, -0.1) is 11.3 Å². The highest BCUT2D eigenvalue weighted by atomic mass is 32.1. The van der Waals surface area contributed by atoms with E-state index in [-0.39, 0.29) is 4.88 Å². The molecule has 1 rings (SSSR count). The Bertz CT molecular complexity index is 309. The number of carbonyl (C=O) groups is 1. The zero-order valence-electron chi connectivity index (χ0n) is 5.27. The Morgan fingerprint density at radius 2 is 2.55 bits per heavy atom. The fourth-order valence-corrected chi connectivity index (χ4v) is 1.37. The molecular formula is C6H3NO2S2. The van der Waals surface area contributed by atoms with E-state index in [2.05, 4.69) is 22.4 Å². The number of aromatic carboxylic acids is 1. The Kier molecular flexibility index (Phi) is 2.48. The fourth-order valence-electron chi connectivity index (χ4n) is 0.600.